The third-order valence-corrected chi connectivity index (χ3v) is 2.28. The van der Waals surface area contributed by atoms with Crippen molar-refractivity contribution in [1.82, 2.24) is 4.98 Å². The number of carboxylic acids is 1. The minimum Gasteiger partial charge on any atom is -0.481 e. The molecule has 0 aromatic carbocycles. The fourth-order valence-corrected chi connectivity index (χ4v) is 1.83. The molecule has 4 heteroatoms. The van der Waals surface area contributed by atoms with Gasteiger partial charge in [0.05, 0.1) is 17.1 Å². The number of hydrogen-bond acceptors (Lipinski definition) is 3. The Balaban J connectivity index is 2.63. The lowest BCUT2D eigenvalue weighted by Crippen LogP contribution is -2.00. The molecule has 70 valence electrons. The molecule has 0 radical (unpaired) electrons. The maximum atomic E-state index is 10.3. The summed E-state index contributed by atoms with van der Waals surface area (Å²) in [6.45, 7) is 5.70. The van der Waals surface area contributed by atoms with Gasteiger partial charge in [0.2, 0.25) is 0 Å². The number of rotatable bonds is 4. The summed E-state index contributed by atoms with van der Waals surface area (Å²) in [5.41, 5.74) is 1.67. The zero-order chi connectivity index (χ0) is 9.84. The van der Waals surface area contributed by atoms with E-state index in [1.54, 1.807) is 5.38 Å². The van der Waals surface area contributed by atoms with Gasteiger partial charge in [0.1, 0.15) is 0 Å². The van der Waals surface area contributed by atoms with Gasteiger partial charge in [0.15, 0.2) is 0 Å². The van der Waals surface area contributed by atoms with E-state index in [4.69, 9.17) is 5.11 Å². The van der Waals surface area contributed by atoms with E-state index in [9.17, 15) is 4.79 Å². The first-order valence-corrected chi connectivity index (χ1v) is 4.75. The Hall–Kier alpha value is -1.16. The molecule has 1 aromatic heterocycles. The van der Waals surface area contributed by atoms with Gasteiger partial charge in [-0.3, -0.25) is 4.79 Å². The fraction of sp³-hybridized carbons (Fsp3) is 0.333. The summed E-state index contributed by atoms with van der Waals surface area (Å²) >= 11 is 1.48. The topological polar surface area (TPSA) is 50.2 Å². The van der Waals surface area contributed by atoms with Gasteiger partial charge in [0, 0.05) is 11.8 Å². The van der Waals surface area contributed by atoms with Gasteiger partial charge in [-0.15, -0.1) is 11.3 Å². The number of aromatic nitrogens is 1. The summed E-state index contributed by atoms with van der Waals surface area (Å²) in [5.74, 6) is -0.841. The van der Waals surface area contributed by atoms with Crippen LogP contribution in [0.15, 0.2) is 17.5 Å². The number of carbonyl (C=O) groups is 1. The van der Waals surface area contributed by atoms with Crippen LogP contribution in [-0.2, 0) is 17.6 Å². The maximum Gasteiger partial charge on any atom is 0.309 e. The van der Waals surface area contributed by atoms with Gasteiger partial charge in [-0.25, -0.2) is 4.98 Å². The Kier molecular flexibility index (Phi) is 3.19. The van der Waals surface area contributed by atoms with Crippen molar-refractivity contribution in [2.75, 3.05) is 0 Å². The minimum absolute atomic E-state index is 0.00664. The molecule has 1 N–H and O–H groups in total. The largest absolute Gasteiger partial charge is 0.481 e. The van der Waals surface area contributed by atoms with E-state index in [0.717, 1.165) is 17.0 Å². The first kappa shape index (κ1) is 9.92. The highest BCUT2D eigenvalue weighted by Gasteiger charge is 2.05. The van der Waals surface area contributed by atoms with Gasteiger partial charge >= 0.3 is 5.97 Å². The quantitative estimate of drug-likeness (QED) is 0.750. The van der Waals surface area contributed by atoms with Crippen LogP contribution in [0.4, 0.5) is 0 Å². The zero-order valence-corrected chi connectivity index (χ0v) is 8.23. The molecular formula is C9H11NO2S. The van der Waals surface area contributed by atoms with Crippen LogP contribution >= 0.6 is 11.3 Å². The van der Waals surface area contributed by atoms with Crippen LogP contribution in [0.1, 0.15) is 17.6 Å². The standard InChI is InChI=1S/C9H11NO2S/c1-6(2)3-8-10-7(5-13-8)4-9(11)12/h5H,1,3-4H2,2H3,(H,11,12). The molecule has 3 nitrogen and oxygen atoms in total. The van der Waals surface area contributed by atoms with Gasteiger partial charge in [-0.2, -0.15) is 0 Å². The van der Waals surface area contributed by atoms with Gasteiger partial charge in [0.25, 0.3) is 0 Å². The molecule has 0 spiro atoms. The number of nitrogens with zero attached hydrogens (tertiary/aromatic N) is 1. The molecule has 1 heterocycles. The summed E-state index contributed by atoms with van der Waals surface area (Å²) in [4.78, 5) is 14.5. The molecule has 0 atom stereocenters. The molecule has 1 aromatic rings. The van der Waals surface area contributed by atoms with Crippen molar-refractivity contribution in [3.63, 3.8) is 0 Å². The van der Waals surface area contributed by atoms with Crippen molar-refractivity contribution in [2.45, 2.75) is 19.8 Å². The average Bonchev–Trinajstić information content (AvgIpc) is 2.33. The van der Waals surface area contributed by atoms with Crippen LogP contribution in [-0.4, -0.2) is 16.1 Å². The van der Waals surface area contributed by atoms with Crippen LogP contribution < -0.4 is 0 Å². The maximum absolute atomic E-state index is 10.3. The van der Waals surface area contributed by atoms with Crippen LogP contribution in [0, 0.1) is 0 Å². The Bertz CT molecular complexity index is 300. The number of hydrogen-bond donors (Lipinski definition) is 1. The van der Waals surface area contributed by atoms with Gasteiger partial charge in [-0.1, -0.05) is 12.2 Å². The van der Waals surface area contributed by atoms with Gasteiger partial charge < -0.3 is 5.11 Å². The number of aliphatic carboxylic acids is 1. The second kappa shape index (κ2) is 4.18. The lowest BCUT2D eigenvalue weighted by atomic mass is 10.2. The Morgan fingerprint density at radius 3 is 2.92 bits per heavy atom. The molecule has 13 heavy (non-hydrogen) atoms. The molecule has 0 amide bonds. The molecule has 0 aliphatic heterocycles. The second-order valence-corrected chi connectivity index (χ2v) is 3.88. The molecule has 0 aliphatic rings. The zero-order valence-electron chi connectivity index (χ0n) is 7.41. The monoisotopic (exact) mass is 197 g/mol. The number of allylic oxidation sites excluding steroid dienone is 1. The normalized spacial score (nSPS) is 9.92. The molecule has 0 saturated heterocycles. The molecule has 0 unspecified atom stereocenters. The molecule has 0 fully saturated rings. The van der Waals surface area contributed by atoms with Crippen molar-refractivity contribution >= 4 is 17.3 Å². The molecule has 0 aliphatic carbocycles. The van der Waals surface area contributed by atoms with E-state index in [1.807, 2.05) is 6.92 Å². The lowest BCUT2D eigenvalue weighted by molar-refractivity contribution is -0.136. The molecule has 0 bridgehead atoms. The number of thiazole rings is 1. The lowest BCUT2D eigenvalue weighted by Gasteiger charge is -1.92. The Labute approximate surface area is 80.7 Å². The highest BCUT2D eigenvalue weighted by atomic mass is 32.1. The first-order valence-electron chi connectivity index (χ1n) is 3.87. The van der Waals surface area contributed by atoms with Crippen molar-refractivity contribution in [1.29, 1.82) is 0 Å². The average molecular weight is 197 g/mol. The van der Waals surface area contributed by atoms with E-state index in [2.05, 4.69) is 11.6 Å². The van der Waals surface area contributed by atoms with Gasteiger partial charge in [-0.05, 0) is 6.92 Å². The van der Waals surface area contributed by atoms with Crippen molar-refractivity contribution in [3.8, 4) is 0 Å². The highest BCUT2D eigenvalue weighted by Crippen LogP contribution is 2.13. The summed E-state index contributed by atoms with van der Waals surface area (Å²) in [6, 6.07) is 0. The van der Waals surface area contributed by atoms with Crippen LogP contribution in [0.5, 0.6) is 0 Å². The smallest absolute Gasteiger partial charge is 0.309 e. The predicted molar refractivity (Wildman–Crippen MR) is 52.0 cm³/mol. The SMILES string of the molecule is C=C(C)Cc1nc(CC(=O)O)cs1. The Morgan fingerprint density at radius 2 is 2.38 bits per heavy atom. The molecule has 0 saturated carbocycles. The summed E-state index contributed by atoms with van der Waals surface area (Å²) < 4.78 is 0. The second-order valence-electron chi connectivity index (χ2n) is 2.94. The summed E-state index contributed by atoms with van der Waals surface area (Å²) in [6.07, 6.45) is 0.747. The number of carboxylic acid groups (broad SMARTS) is 1. The van der Waals surface area contributed by atoms with E-state index < -0.39 is 5.97 Å². The third kappa shape index (κ3) is 3.38. The van der Waals surface area contributed by atoms with Crippen LogP contribution in [0.3, 0.4) is 0 Å². The van der Waals surface area contributed by atoms with Crippen molar-refractivity contribution in [2.24, 2.45) is 0 Å². The third-order valence-electron chi connectivity index (χ3n) is 1.38. The molecule has 1 rings (SSSR count). The van der Waals surface area contributed by atoms with Crippen molar-refractivity contribution < 1.29 is 9.90 Å². The molecular weight excluding hydrogens is 186 g/mol. The first-order chi connectivity index (χ1) is 6.08. The van der Waals surface area contributed by atoms with E-state index in [-0.39, 0.29) is 6.42 Å². The van der Waals surface area contributed by atoms with E-state index >= 15 is 0 Å². The van der Waals surface area contributed by atoms with Crippen molar-refractivity contribution in [3.05, 3.63) is 28.2 Å². The van der Waals surface area contributed by atoms with Crippen LogP contribution in [0.2, 0.25) is 0 Å². The fourth-order valence-electron chi connectivity index (χ4n) is 0.924. The van der Waals surface area contributed by atoms with E-state index in [0.29, 0.717) is 5.69 Å². The highest BCUT2D eigenvalue weighted by molar-refractivity contribution is 7.09. The Morgan fingerprint density at radius 1 is 1.69 bits per heavy atom. The van der Waals surface area contributed by atoms with Crippen LogP contribution in [0.25, 0.3) is 0 Å². The van der Waals surface area contributed by atoms with E-state index in [1.165, 1.54) is 11.3 Å². The predicted octanol–water partition coefficient (Wildman–Crippen LogP) is 1.89. The minimum atomic E-state index is -0.841. The summed E-state index contributed by atoms with van der Waals surface area (Å²) in [5, 5.41) is 11.2. The summed E-state index contributed by atoms with van der Waals surface area (Å²) in [7, 11) is 0.